The molecule has 3 rings (SSSR count). The number of thiol groups is 1. The summed E-state index contributed by atoms with van der Waals surface area (Å²) in [5, 5.41) is 9.62. The molecule has 3 aromatic carbocycles. The summed E-state index contributed by atoms with van der Waals surface area (Å²) >= 11 is 1.03. The summed E-state index contributed by atoms with van der Waals surface area (Å²) in [6.45, 7) is -0.462. The van der Waals surface area contributed by atoms with E-state index in [-0.39, 0.29) is 5.75 Å². The van der Waals surface area contributed by atoms with Crippen LogP contribution in [0.4, 0.5) is 13.2 Å². The van der Waals surface area contributed by atoms with Gasteiger partial charge >= 0.3 is 12.1 Å². The van der Waals surface area contributed by atoms with Gasteiger partial charge in [0, 0.05) is 11.8 Å². The summed E-state index contributed by atoms with van der Waals surface area (Å²) in [7, 11) is 0. The molecule has 0 heterocycles. The Labute approximate surface area is 168 Å². The fourth-order valence-corrected chi connectivity index (χ4v) is 3.26. The first-order valence-corrected chi connectivity index (χ1v) is 9.31. The molecule has 8 heteroatoms. The molecule has 0 aliphatic rings. The van der Waals surface area contributed by atoms with Gasteiger partial charge in [0.25, 0.3) is 0 Å². The van der Waals surface area contributed by atoms with E-state index in [0.717, 1.165) is 27.6 Å². The van der Waals surface area contributed by atoms with Crippen LogP contribution in [-0.4, -0.2) is 17.7 Å². The van der Waals surface area contributed by atoms with E-state index in [0.29, 0.717) is 17.9 Å². The number of ether oxygens (including phenoxy) is 2. The fraction of sp³-hybridized carbons (Fsp3) is 0.0952. The third kappa shape index (κ3) is 5.92. The first kappa shape index (κ1) is 20.6. The van der Waals surface area contributed by atoms with Crippen LogP contribution in [0.1, 0.15) is 5.56 Å². The van der Waals surface area contributed by atoms with Crippen LogP contribution in [0.25, 0.3) is 0 Å². The van der Waals surface area contributed by atoms with Crippen molar-refractivity contribution in [2.75, 3.05) is 6.61 Å². The van der Waals surface area contributed by atoms with Crippen LogP contribution in [0.2, 0.25) is 0 Å². The van der Waals surface area contributed by atoms with E-state index in [4.69, 9.17) is 9.47 Å². The van der Waals surface area contributed by atoms with E-state index in [9.17, 15) is 23.1 Å². The topological polar surface area (TPSA) is 55.8 Å². The molecule has 0 atom stereocenters. The van der Waals surface area contributed by atoms with Gasteiger partial charge in [0.1, 0.15) is 5.75 Å². The van der Waals surface area contributed by atoms with Gasteiger partial charge in [-0.1, -0.05) is 18.2 Å². The second kappa shape index (κ2) is 8.91. The molecular formula is C21H16F3O4S+. The maximum Gasteiger partial charge on any atom is 0.416 e. The van der Waals surface area contributed by atoms with Gasteiger partial charge in [0.15, 0.2) is 27.9 Å². The van der Waals surface area contributed by atoms with Crippen molar-refractivity contribution in [3.8, 4) is 17.2 Å². The predicted octanol–water partition coefficient (Wildman–Crippen LogP) is 4.63. The van der Waals surface area contributed by atoms with E-state index >= 15 is 0 Å². The van der Waals surface area contributed by atoms with Crippen molar-refractivity contribution in [3.63, 3.8) is 0 Å². The lowest BCUT2D eigenvalue weighted by Crippen LogP contribution is -2.18. The molecule has 0 aromatic heterocycles. The van der Waals surface area contributed by atoms with Crippen LogP contribution in [0.5, 0.6) is 17.2 Å². The number of aromatic hydroxyl groups is 1. The first-order valence-electron chi connectivity index (χ1n) is 8.42. The Morgan fingerprint density at radius 3 is 2.21 bits per heavy atom. The number of rotatable bonds is 6. The van der Waals surface area contributed by atoms with Gasteiger partial charge < -0.3 is 14.6 Å². The second-order valence-electron chi connectivity index (χ2n) is 5.88. The number of benzene rings is 3. The van der Waals surface area contributed by atoms with Crippen molar-refractivity contribution >= 4 is 17.7 Å². The molecule has 0 unspecified atom stereocenters. The van der Waals surface area contributed by atoms with Gasteiger partial charge in [0.05, 0.1) is 5.56 Å². The number of alkyl halides is 3. The summed E-state index contributed by atoms with van der Waals surface area (Å²) in [5.74, 6) is -1.57. The number of halogens is 3. The fourth-order valence-electron chi connectivity index (χ4n) is 2.34. The molecule has 29 heavy (non-hydrogen) atoms. The van der Waals surface area contributed by atoms with Crippen LogP contribution in [0.3, 0.4) is 0 Å². The maximum atomic E-state index is 12.6. The molecule has 3 aromatic rings. The average Bonchev–Trinajstić information content (AvgIpc) is 2.69. The van der Waals surface area contributed by atoms with Gasteiger partial charge in [-0.15, -0.1) is 0 Å². The number of esters is 1. The van der Waals surface area contributed by atoms with E-state index in [2.05, 4.69) is 0 Å². The Bertz CT molecular complexity index is 973. The summed E-state index contributed by atoms with van der Waals surface area (Å²) in [6.07, 6.45) is -4.60. The summed E-state index contributed by atoms with van der Waals surface area (Å²) in [4.78, 5) is 14.0. The lowest BCUT2D eigenvalue weighted by molar-refractivity contribution is -0.137. The molecule has 0 radical (unpaired) electrons. The van der Waals surface area contributed by atoms with Crippen molar-refractivity contribution in [1.82, 2.24) is 0 Å². The standard InChI is InChI=1S/C21H15F3O4S/c22-21(23,24)14-6-11-19(18(25)12-14)28-20(26)13-27-15-7-9-17(10-8-15)29-16-4-2-1-3-5-16/h1-12,25H,13H2/p+1. The number of carbonyl (C=O) groups is 1. The van der Waals surface area contributed by atoms with Gasteiger partial charge in [-0.05, 0) is 54.6 Å². The smallest absolute Gasteiger partial charge is 0.416 e. The van der Waals surface area contributed by atoms with Crippen LogP contribution >= 0.6 is 0 Å². The molecule has 0 saturated heterocycles. The van der Waals surface area contributed by atoms with Crippen LogP contribution in [0.15, 0.2) is 82.6 Å². The molecule has 0 aliphatic carbocycles. The minimum Gasteiger partial charge on any atom is -0.504 e. The minimum atomic E-state index is -4.60. The number of phenolic OH excluding ortho intramolecular Hbond substituents is 1. The van der Waals surface area contributed by atoms with Gasteiger partial charge in [-0.3, -0.25) is 0 Å². The maximum absolute atomic E-state index is 12.6. The lowest BCUT2D eigenvalue weighted by Gasteiger charge is -2.10. The molecule has 0 fully saturated rings. The summed E-state index contributed by atoms with van der Waals surface area (Å²) in [5.41, 5.74) is -1.04. The molecule has 4 nitrogen and oxygen atoms in total. The van der Waals surface area contributed by atoms with Crippen LogP contribution in [0, 0.1) is 0 Å². The highest BCUT2D eigenvalue weighted by atomic mass is 32.2. The van der Waals surface area contributed by atoms with Crippen molar-refractivity contribution < 1.29 is 32.5 Å². The summed E-state index contributed by atoms with van der Waals surface area (Å²) in [6, 6.07) is 19.1. The Morgan fingerprint density at radius 2 is 1.59 bits per heavy atom. The second-order valence-corrected chi connectivity index (χ2v) is 7.14. The summed E-state index contributed by atoms with van der Waals surface area (Å²) < 4.78 is 47.9. The normalized spacial score (nSPS) is 11.1. The lowest BCUT2D eigenvalue weighted by atomic mass is 10.2. The van der Waals surface area contributed by atoms with Crippen molar-refractivity contribution in [2.24, 2.45) is 0 Å². The number of hydrogen-bond acceptors (Lipinski definition) is 4. The molecule has 0 saturated carbocycles. The van der Waals surface area contributed by atoms with Crippen LogP contribution in [-0.2, 0) is 22.7 Å². The highest BCUT2D eigenvalue weighted by Gasteiger charge is 2.31. The molecule has 150 valence electrons. The van der Waals surface area contributed by atoms with Crippen molar-refractivity contribution in [1.29, 1.82) is 0 Å². The quantitative estimate of drug-likeness (QED) is 0.273. The first-order chi connectivity index (χ1) is 13.8. The third-order valence-electron chi connectivity index (χ3n) is 3.72. The van der Waals surface area contributed by atoms with E-state index < -0.39 is 30.1 Å². The molecular weight excluding hydrogens is 405 g/mol. The SMILES string of the molecule is O=C(COc1ccc([SH+]c2ccccc2)cc1)Oc1ccc(C(F)(F)F)cc1O. The zero-order chi connectivity index (χ0) is 20.9. The Balaban J connectivity index is 1.53. The molecule has 0 spiro atoms. The van der Waals surface area contributed by atoms with Crippen LogP contribution < -0.4 is 9.47 Å². The van der Waals surface area contributed by atoms with E-state index in [1.54, 1.807) is 12.1 Å². The Hall–Kier alpha value is -3.13. The third-order valence-corrected chi connectivity index (χ3v) is 4.83. The van der Waals surface area contributed by atoms with Crippen molar-refractivity contribution in [2.45, 2.75) is 16.0 Å². The molecule has 1 N–H and O–H groups in total. The molecule has 0 aliphatic heterocycles. The zero-order valence-electron chi connectivity index (χ0n) is 14.9. The zero-order valence-corrected chi connectivity index (χ0v) is 15.8. The number of carbonyl (C=O) groups excluding carboxylic acids is 1. The highest BCUT2D eigenvalue weighted by Crippen LogP contribution is 2.35. The van der Waals surface area contributed by atoms with E-state index in [1.807, 2.05) is 42.5 Å². The number of phenols is 1. The van der Waals surface area contributed by atoms with Gasteiger partial charge in [-0.2, -0.15) is 13.2 Å². The molecule has 0 bridgehead atoms. The predicted molar refractivity (Wildman–Crippen MR) is 102 cm³/mol. The Kier molecular flexibility index (Phi) is 6.33. The average molecular weight is 421 g/mol. The monoisotopic (exact) mass is 421 g/mol. The minimum absolute atomic E-state index is 0.372. The van der Waals surface area contributed by atoms with Gasteiger partial charge in [-0.25, -0.2) is 4.79 Å². The van der Waals surface area contributed by atoms with Gasteiger partial charge in [0.2, 0.25) is 0 Å². The highest BCUT2D eigenvalue weighted by molar-refractivity contribution is 7.78. The van der Waals surface area contributed by atoms with E-state index in [1.165, 1.54) is 0 Å². The Morgan fingerprint density at radius 1 is 0.931 bits per heavy atom. The molecule has 0 amide bonds. The number of hydrogen-bond donors (Lipinski definition) is 1. The van der Waals surface area contributed by atoms with Crippen molar-refractivity contribution in [3.05, 3.63) is 78.4 Å². The largest absolute Gasteiger partial charge is 0.504 e.